The number of piperidine rings is 1. The van der Waals surface area contributed by atoms with Gasteiger partial charge in [0, 0.05) is 18.5 Å². The summed E-state index contributed by atoms with van der Waals surface area (Å²) < 4.78 is 11.8. The van der Waals surface area contributed by atoms with Gasteiger partial charge in [-0.15, -0.1) is 0 Å². The van der Waals surface area contributed by atoms with Gasteiger partial charge in [0.05, 0.1) is 19.8 Å². The van der Waals surface area contributed by atoms with Crippen molar-refractivity contribution in [3.63, 3.8) is 0 Å². The number of carboxylic acids is 1. The zero-order valence-electron chi connectivity index (χ0n) is 18.9. The number of carbonyl (C=O) groups is 1. The molecule has 0 radical (unpaired) electrons. The number of fused-ring (bicyclic) bond motifs is 1. The minimum absolute atomic E-state index is 0.112. The van der Waals surface area contributed by atoms with Gasteiger partial charge in [-0.1, -0.05) is 48.9 Å². The summed E-state index contributed by atoms with van der Waals surface area (Å²) in [5.74, 6) is 0.831. The van der Waals surface area contributed by atoms with Crippen molar-refractivity contribution in [2.24, 2.45) is 0 Å². The normalized spacial score (nSPS) is 14.4. The molecule has 3 aromatic rings. The van der Waals surface area contributed by atoms with Crippen molar-refractivity contribution in [3.05, 3.63) is 59.7 Å². The Hall–Kier alpha value is -3.05. The van der Waals surface area contributed by atoms with Crippen LogP contribution in [-0.4, -0.2) is 43.3 Å². The van der Waals surface area contributed by atoms with Crippen molar-refractivity contribution in [2.75, 3.05) is 27.3 Å². The molecule has 1 N–H and O–H groups in total. The van der Waals surface area contributed by atoms with Crippen molar-refractivity contribution in [3.8, 4) is 22.6 Å². The van der Waals surface area contributed by atoms with Crippen molar-refractivity contribution in [1.82, 2.24) is 4.90 Å². The molecular weight excluding hydrogens is 402 g/mol. The quantitative estimate of drug-likeness (QED) is 0.506. The third kappa shape index (κ3) is 4.58. The molecule has 1 aliphatic rings. The second kappa shape index (κ2) is 10.0. The van der Waals surface area contributed by atoms with Crippen LogP contribution in [0.2, 0.25) is 0 Å². The van der Waals surface area contributed by atoms with E-state index in [0.717, 1.165) is 64.2 Å². The number of rotatable bonds is 8. The molecule has 0 amide bonds. The standard InChI is InChI=1S/C27H31NO4/c1-31-24-14-12-20(18-28-16-4-3-5-17-28)27(32-2)26(24)23-11-7-9-21-19(13-15-25(29)30)8-6-10-22(21)23/h6-12,14H,3-5,13,15-18H2,1-2H3,(H,29,30). The number of nitrogens with zero attached hydrogens (tertiary/aromatic N) is 1. The average molecular weight is 434 g/mol. The van der Waals surface area contributed by atoms with Crippen LogP contribution in [0.4, 0.5) is 0 Å². The number of hydrogen-bond acceptors (Lipinski definition) is 4. The molecule has 4 rings (SSSR count). The first-order valence-corrected chi connectivity index (χ1v) is 11.3. The van der Waals surface area contributed by atoms with Gasteiger partial charge >= 0.3 is 5.97 Å². The third-order valence-corrected chi connectivity index (χ3v) is 6.36. The number of carboxylic acid groups (broad SMARTS) is 1. The summed E-state index contributed by atoms with van der Waals surface area (Å²) >= 11 is 0. The van der Waals surface area contributed by atoms with Crippen LogP contribution in [0.3, 0.4) is 0 Å². The zero-order chi connectivity index (χ0) is 22.5. The van der Waals surface area contributed by atoms with E-state index in [9.17, 15) is 4.79 Å². The van der Waals surface area contributed by atoms with Crippen molar-refractivity contribution in [1.29, 1.82) is 0 Å². The van der Waals surface area contributed by atoms with Crippen LogP contribution in [0.25, 0.3) is 21.9 Å². The first-order chi connectivity index (χ1) is 15.6. The Morgan fingerprint density at radius 1 is 0.906 bits per heavy atom. The van der Waals surface area contributed by atoms with E-state index >= 15 is 0 Å². The largest absolute Gasteiger partial charge is 0.496 e. The Labute approximate surface area is 189 Å². The Bertz CT molecular complexity index is 1100. The highest BCUT2D eigenvalue weighted by atomic mass is 16.5. The smallest absolute Gasteiger partial charge is 0.303 e. The number of hydrogen-bond donors (Lipinski definition) is 1. The van der Waals surface area contributed by atoms with Crippen LogP contribution < -0.4 is 9.47 Å². The number of benzene rings is 3. The maximum absolute atomic E-state index is 11.1. The second-order valence-corrected chi connectivity index (χ2v) is 8.38. The minimum atomic E-state index is -0.785. The van der Waals surface area contributed by atoms with Crippen LogP contribution >= 0.6 is 0 Å². The van der Waals surface area contributed by atoms with E-state index in [1.165, 1.54) is 19.3 Å². The fourth-order valence-corrected chi connectivity index (χ4v) is 4.80. The molecule has 32 heavy (non-hydrogen) atoms. The molecule has 1 heterocycles. The Morgan fingerprint density at radius 3 is 2.38 bits per heavy atom. The number of likely N-dealkylation sites (tertiary alicyclic amines) is 1. The maximum atomic E-state index is 11.1. The molecule has 0 saturated carbocycles. The molecule has 0 spiro atoms. The lowest BCUT2D eigenvalue weighted by Crippen LogP contribution is -2.29. The highest BCUT2D eigenvalue weighted by Crippen LogP contribution is 2.44. The van der Waals surface area contributed by atoms with Crippen LogP contribution in [0.15, 0.2) is 48.5 Å². The van der Waals surface area contributed by atoms with E-state index in [-0.39, 0.29) is 6.42 Å². The lowest BCUT2D eigenvalue weighted by molar-refractivity contribution is -0.136. The number of methoxy groups -OCH3 is 2. The first kappa shape index (κ1) is 22.2. The summed E-state index contributed by atoms with van der Waals surface area (Å²) in [7, 11) is 3.41. The molecular formula is C27H31NO4. The molecule has 0 bridgehead atoms. The van der Waals surface area contributed by atoms with E-state index in [0.29, 0.717) is 6.42 Å². The average Bonchev–Trinajstić information content (AvgIpc) is 2.82. The molecule has 1 aliphatic heterocycles. The van der Waals surface area contributed by atoms with Gasteiger partial charge in [-0.05, 0) is 60.3 Å². The van der Waals surface area contributed by atoms with Crippen molar-refractivity contribution >= 4 is 16.7 Å². The highest BCUT2D eigenvalue weighted by Gasteiger charge is 2.21. The molecule has 0 atom stereocenters. The molecule has 5 heteroatoms. The maximum Gasteiger partial charge on any atom is 0.303 e. The summed E-state index contributed by atoms with van der Waals surface area (Å²) in [6, 6.07) is 16.4. The van der Waals surface area contributed by atoms with Gasteiger partial charge in [-0.25, -0.2) is 0 Å². The summed E-state index contributed by atoms with van der Waals surface area (Å²) in [5.41, 5.74) is 4.18. The Morgan fingerprint density at radius 2 is 1.66 bits per heavy atom. The molecule has 3 aromatic carbocycles. The summed E-state index contributed by atoms with van der Waals surface area (Å²) in [6.07, 6.45) is 4.41. The van der Waals surface area contributed by atoms with E-state index in [4.69, 9.17) is 14.6 Å². The molecule has 5 nitrogen and oxygen atoms in total. The van der Waals surface area contributed by atoms with Crippen LogP contribution in [0, 0.1) is 0 Å². The number of ether oxygens (including phenoxy) is 2. The minimum Gasteiger partial charge on any atom is -0.496 e. The lowest BCUT2D eigenvalue weighted by Gasteiger charge is -2.28. The van der Waals surface area contributed by atoms with Crippen LogP contribution in [0.1, 0.15) is 36.8 Å². The lowest BCUT2D eigenvalue weighted by atomic mass is 9.92. The predicted octanol–water partition coefficient (Wildman–Crippen LogP) is 5.53. The van der Waals surface area contributed by atoms with Gasteiger partial charge in [0.2, 0.25) is 0 Å². The monoisotopic (exact) mass is 433 g/mol. The van der Waals surface area contributed by atoms with E-state index < -0.39 is 5.97 Å². The number of aliphatic carboxylic acids is 1. The fourth-order valence-electron chi connectivity index (χ4n) is 4.80. The van der Waals surface area contributed by atoms with E-state index in [1.54, 1.807) is 14.2 Å². The van der Waals surface area contributed by atoms with E-state index in [2.05, 4.69) is 29.2 Å². The Kier molecular flexibility index (Phi) is 6.96. The van der Waals surface area contributed by atoms with E-state index in [1.807, 2.05) is 24.3 Å². The molecule has 1 saturated heterocycles. The summed E-state index contributed by atoms with van der Waals surface area (Å²) in [5, 5.41) is 11.3. The number of aryl methyl sites for hydroxylation is 1. The summed E-state index contributed by atoms with van der Waals surface area (Å²) in [4.78, 5) is 13.6. The SMILES string of the molecule is COc1ccc(CN2CCCCC2)c(OC)c1-c1cccc2c(CCC(=O)O)cccc12. The first-order valence-electron chi connectivity index (χ1n) is 11.3. The topological polar surface area (TPSA) is 59.0 Å². The van der Waals surface area contributed by atoms with Crippen molar-refractivity contribution < 1.29 is 19.4 Å². The third-order valence-electron chi connectivity index (χ3n) is 6.36. The summed E-state index contributed by atoms with van der Waals surface area (Å²) in [6.45, 7) is 3.09. The second-order valence-electron chi connectivity index (χ2n) is 8.38. The van der Waals surface area contributed by atoms with Crippen LogP contribution in [0.5, 0.6) is 11.5 Å². The van der Waals surface area contributed by atoms with Gasteiger partial charge in [0.15, 0.2) is 0 Å². The zero-order valence-corrected chi connectivity index (χ0v) is 18.9. The van der Waals surface area contributed by atoms with Gasteiger partial charge in [0.25, 0.3) is 0 Å². The molecule has 0 aliphatic carbocycles. The fraction of sp³-hybridized carbons (Fsp3) is 0.370. The molecule has 0 unspecified atom stereocenters. The Balaban J connectivity index is 1.83. The molecule has 1 fully saturated rings. The van der Waals surface area contributed by atoms with Crippen LogP contribution in [-0.2, 0) is 17.8 Å². The van der Waals surface area contributed by atoms with Gasteiger partial charge in [0.1, 0.15) is 11.5 Å². The van der Waals surface area contributed by atoms with Gasteiger partial charge in [-0.2, -0.15) is 0 Å². The molecule has 168 valence electrons. The van der Waals surface area contributed by atoms with Crippen molar-refractivity contribution in [2.45, 2.75) is 38.6 Å². The highest BCUT2D eigenvalue weighted by molar-refractivity contribution is 6.01. The molecule has 0 aromatic heterocycles. The predicted molar refractivity (Wildman–Crippen MR) is 128 cm³/mol. The van der Waals surface area contributed by atoms with Gasteiger partial charge in [-0.3, -0.25) is 9.69 Å². The van der Waals surface area contributed by atoms with Gasteiger partial charge < -0.3 is 14.6 Å².